The fraction of sp³-hybridized carbons (Fsp3) is 0.368. The van der Waals surface area contributed by atoms with Crippen LogP contribution in [-0.2, 0) is 22.9 Å². The molecule has 24 heavy (non-hydrogen) atoms. The van der Waals surface area contributed by atoms with Gasteiger partial charge in [0.05, 0.1) is 4.90 Å². The lowest BCUT2D eigenvalue weighted by atomic mass is 9.94. The van der Waals surface area contributed by atoms with Gasteiger partial charge in [-0.2, -0.15) is 0 Å². The lowest BCUT2D eigenvalue weighted by Gasteiger charge is -2.32. The minimum atomic E-state index is -3.60. The van der Waals surface area contributed by atoms with Gasteiger partial charge in [-0.1, -0.05) is 19.1 Å². The smallest absolute Gasteiger partial charge is 0.261 e. The molecule has 0 saturated carbocycles. The van der Waals surface area contributed by atoms with E-state index in [1.165, 1.54) is 5.56 Å². The summed E-state index contributed by atoms with van der Waals surface area (Å²) < 4.78 is 33.8. The highest BCUT2D eigenvalue weighted by molar-refractivity contribution is 7.92. The number of benzene rings is 2. The largest absolute Gasteiger partial charge is 0.488 e. The zero-order valence-corrected chi connectivity index (χ0v) is 15.1. The Kier molecular flexibility index (Phi) is 4.30. The van der Waals surface area contributed by atoms with Crippen molar-refractivity contribution in [3.8, 4) is 5.75 Å². The van der Waals surface area contributed by atoms with Crippen LogP contribution in [0.5, 0.6) is 5.75 Å². The van der Waals surface area contributed by atoms with Gasteiger partial charge in [-0.05, 0) is 74.6 Å². The molecule has 0 saturated heterocycles. The van der Waals surface area contributed by atoms with Crippen molar-refractivity contribution in [1.82, 2.24) is 0 Å². The second-order valence-electron chi connectivity index (χ2n) is 6.79. The van der Waals surface area contributed by atoms with Gasteiger partial charge in [-0.25, -0.2) is 8.42 Å². The van der Waals surface area contributed by atoms with Crippen LogP contribution in [-0.4, -0.2) is 14.0 Å². The molecule has 3 rings (SSSR count). The van der Waals surface area contributed by atoms with Crippen LogP contribution >= 0.6 is 0 Å². The normalized spacial score (nSPS) is 16.1. The Morgan fingerprint density at radius 3 is 2.50 bits per heavy atom. The number of fused-ring (bicyclic) bond motifs is 1. The Labute approximate surface area is 143 Å². The highest BCUT2D eigenvalue weighted by atomic mass is 32.2. The molecular weight excluding hydrogens is 322 g/mol. The van der Waals surface area contributed by atoms with Crippen LogP contribution in [0, 0.1) is 0 Å². The molecule has 128 valence electrons. The summed E-state index contributed by atoms with van der Waals surface area (Å²) in [6.45, 7) is 6.15. The van der Waals surface area contributed by atoms with Crippen LogP contribution in [0.15, 0.2) is 47.4 Å². The number of sulfonamides is 1. The summed E-state index contributed by atoms with van der Waals surface area (Å²) in [4.78, 5) is 0.268. The first-order valence-corrected chi connectivity index (χ1v) is 9.71. The molecule has 0 fully saturated rings. The number of hydrogen-bond acceptors (Lipinski definition) is 3. The van der Waals surface area contributed by atoms with E-state index in [-0.39, 0.29) is 10.5 Å². The van der Waals surface area contributed by atoms with Crippen LogP contribution in [0.1, 0.15) is 38.3 Å². The predicted octanol–water partition coefficient (Wildman–Crippen LogP) is 4.15. The topological polar surface area (TPSA) is 55.4 Å². The summed E-state index contributed by atoms with van der Waals surface area (Å²) in [6, 6.07) is 12.5. The Bertz CT molecular complexity index is 839. The third kappa shape index (κ3) is 3.56. The van der Waals surface area contributed by atoms with Crippen molar-refractivity contribution in [2.24, 2.45) is 0 Å². The van der Waals surface area contributed by atoms with E-state index >= 15 is 0 Å². The molecule has 0 amide bonds. The summed E-state index contributed by atoms with van der Waals surface area (Å²) in [7, 11) is -3.60. The van der Waals surface area contributed by atoms with Gasteiger partial charge in [0.25, 0.3) is 10.0 Å². The summed E-state index contributed by atoms with van der Waals surface area (Å²) in [5.74, 6) is 0.775. The molecule has 0 aliphatic carbocycles. The maximum Gasteiger partial charge on any atom is 0.261 e. The van der Waals surface area contributed by atoms with Gasteiger partial charge < -0.3 is 4.74 Å². The van der Waals surface area contributed by atoms with Crippen molar-refractivity contribution in [3.63, 3.8) is 0 Å². The lowest BCUT2D eigenvalue weighted by Crippen LogP contribution is -2.32. The summed E-state index contributed by atoms with van der Waals surface area (Å²) in [5, 5.41) is 0. The fourth-order valence-electron chi connectivity index (χ4n) is 2.82. The first kappa shape index (κ1) is 16.8. The lowest BCUT2D eigenvalue weighted by molar-refractivity contribution is 0.0845. The van der Waals surface area contributed by atoms with Crippen molar-refractivity contribution in [2.45, 2.75) is 50.5 Å². The quantitative estimate of drug-likeness (QED) is 0.905. The number of ether oxygens (including phenoxy) is 1. The van der Waals surface area contributed by atoms with E-state index in [2.05, 4.69) is 11.6 Å². The first-order chi connectivity index (χ1) is 11.3. The van der Waals surface area contributed by atoms with E-state index in [9.17, 15) is 8.42 Å². The van der Waals surface area contributed by atoms with E-state index in [1.54, 1.807) is 30.3 Å². The number of nitrogens with one attached hydrogen (secondary N) is 1. The van der Waals surface area contributed by atoms with Crippen LogP contribution in [0.3, 0.4) is 0 Å². The molecule has 0 bridgehead atoms. The highest BCUT2D eigenvalue weighted by Gasteiger charge is 2.27. The average Bonchev–Trinajstić information content (AvgIpc) is 2.54. The zero-order chi connectivity index (χ0) is 17.4. The summed E-state index contributed by atoms with van der Waals surface area (Å²) in [6.07, 6.45) is 2.61. The maximum absolute atomic E-state index is 12.6. The number of anilines is 1. The fourth-order valence-corrected chi connectivity index (χ4v) is 3.93. The summed E-state index contributed by atoms with van der Waals surface area (Å²) >= 11 is 0. The molecular formula is C19H23NO3S. The van der Waals surface area contributed by atoms with E-state index in [0.717, 1.165) is 30.6 Å². The molecule has 0 aromatic heterocycles. The van der Waals surface area contributed by atoms with Crippen LogP contribution < -0.4 is 9.46 Å². The Morgan fingerprint density at radius 2 is 1.83 bits per heavy atom. The van der Waals surface area contributed by atoms with Crippen LogP contribution in [0.25, 0.3) is 0 Å². The van der Waals surface area contributed by atoms with Gasteiger partial charge in [0.1, 0.15) is 11.4 Å². The molecule has 0 atom stereocenters. The zero-order valence-electron chi connectivity index (χ0n) is 14.3. The van der Waals surface area contributed by atoms with Crippen LogP contribution in [0.4, 0.5) is 5.69 Å². The van der Waals surface area contributed by atoms with Gasteiger partial charge in [0, 0.05) is 5.69 Å². The van der Waals surface area contributed by atoms with Crippen molar-refractivity contribution < 1.29 is 13.2 Å². The van der Waals surface area contributed by atoms with Crippen molar-refractivity contribution in [1.29, 1.82) is 0 Å². The van der Waals surface area contributed by atoms with Crippen LogP contribution in [0.2, 0.25) is 0 Å². The van der Waals surface area contributed by atoms with Gasteiger partial charge in [-0.15, -0.1) is 0 Å². The molecule has 1 N–H and O–H groups in total. The Balaban J connectivity index is 1.84. The third-order valence-corrected chi connectivity index (χ3v) is 5.72. The van der Waals surface area contributed by atoms with Gasteiger partial charge >= 0.3 is 0 Å². The Hall–Kier alpha value is -2.01. The molecule has 0 radical (unpaired) electrons. The summed E-state index contributed by atoms with van der Waals surface area (Å²) in [5.41, 5.74) is 2.49. The molecule has 0 spiro atoms. The SMILES string of the molecule is CCc1ccc(NS(=O)(=O)c2ccc3c(c2)CCC(C)(C)O3)cc1. The third-order valence-electron chi connectivity index (χ3n) is 4.34. The Morgan fingerprint density at radius 1 is 1.12 bits per heavy atom. The monoisotopic (exact) mass is 345 g/mol. The van der Waals surface area contributed by atoms with Crippen molar-refractivity contribution >= 4 is 15.7 Å². The molecule has 2 aromatic carbocycles. The first-order valence-electron chi connectivity index (χ1n) is 8.23. The molecule has 5 heteroatoms. The number of hydrogen-bond donors (Lipinski definition) is 1. The highest BCUT2D eigenvalue weighted by Crippen LogP contribution is 2.34. The van der Waals surface area contributed by atoms with Crippen molar-refractivity contribution in [3.05, 3.63) is 53.6 Å². The molecule has 0 unspecified atom stereocenters. The predicted molar refractivity (Wildman–Crippen MR) is 96.1 cm³/mol. The maximum atomic E-state index is 12.6. The second-order valence-corrected chi connectivity index (χ2v) is 8.47. The molecule has 1 heterocycles. The van der Waals surface area contributed by atoms with E-state index < -0.39 is 10.0 Å². The molecule has 4 nitrogen and oxygen atoms in total. The van der Waals surface area contributed by atoms with Gasteiger partial charge in [0.15, 0.2) is 0 Å². The number of rotatable bonds is 4. The van der Waals surface area contributed by atoms with E-state index in [0.29, 0.717) is 5.69 Å². The molecule has 1 aliphatic rings. The van der Waals surface area contributed by atoms with E-state index in [1.807, 2.05) is 26.0 Å². The molecule has 1 aliphatic heterocycles. The number of aryl methyl sites for hydroxylation is 2. The minimum absolute atomic E-state index is 0.202. The average molecular weight is 345 g/mol. The minimum Gasteiger partial charge on any atom is -0.488 e. The van der Waals surface area contributed by atoms with E-state index in [4.69, 9.17) is 4.74 Å². The standard InChI is InChI=1S/C19H23NO3S/c1-4-14-5-7-16(8-6-14)20-24(21,22)17-9-10-18-15(13-17)11-12-19(2,3)23-18/h5-10,13,20H,4,11-12H2,1-3H3. The van der Waals surface area contributed by atoms with Gasteiger partial charge in [-0.3, -0.25) is 4.72 Å². The van der Waals surface area contributed by atoms with Gasteiger partial charge in [0.2, 0.25) is 0 Å². The van der Waals surface area contributed by atoms with Crippen molar-refractivity contribution in [2.75, 3.05) is 4.72 Å². The molecule has 2 aromatic rings. The second kappa shape index (κ2) is 6.13.